The van der Waals surface area contributed by atoms with Crippen molar-refractivity contribution in [2.75, 3.05) is 20.2 Å². The molecular formula is C19H23N3O3. The average Bonchev–Trinajstić information content (AvgIpc) is 2.68. The number of methoxy groups -OCH3 is 1. The van der Waals surface area contributed by atoms with Crippen molar-refractivity contribution < 1.29 is 14.3 Å². The van der Waals surface area contributed by atoms with Gasteiger partial charge in [-0.05, 0) is 25.0 Å². The maximum absolute atomic E-state index is 12.0. The molecule has 1 fully saturated rings. The summed E-state index contributed by atoms with van der Waals surface area (Å²) in [6, 6.07) is 7.40. The summed E-state index contributed by atoms with van der Waals surface area (Å²) in [5, 5.41) is 0. The molecule has 1 aliphatic rings. The third-order valence-corrected chi connectivity index (χ3v) is 4.41. The molecule has 2 aromatic rings. The Labute approximate surface area is 147 Å². The Kier molecular flexibility index (Phi) is 5.48. The first-order valence-corrected chi connectivity index (χ1v) is 8.61. The number of carbonyl (C=O) groups excluding carboxylic acids is 1. The number of piperidine rings is 1. The molecule has 25 heavy (non-hydrogen) atoms. The van der Waals surface area contributed by atoms with Crippen LogP contribution in [0.4, 0.5) is 0 Å². The Morgan fingerprint density at radius 1 is 1.28 bits per heavy atom. The maximum atomic E-state index is 12.0. The van der Waals surface area contributed by atoms with E-state index in [2.05, 4.69) is 9.97 Å². The summed E-state index contributed by atoms with van der Waals surface area (Å²) in [5.41, 5.74) is 0.805. The van der Waals surface area contributed by atoms with Crippen LogP contribution >= 0.6 is 0 Å². The molecule has 0 bridgehead atoms. The van der Waals surface area contributed by atoms with E-state index in [9.17, 15) is 4.79 Å². The molecule has 0 radical (unpaired) electrons. The highest BCUT2D eigenvalue weighted by Gasteiger charge is 2.27. The van der Waals surface area contributed by atoms with Crippen molar-refractivity contribution in [3.8, 4) is 17.4 Å². The lowest BCUT2D eigenvalue weighted by molar-refractivity contribution is -0.132. The molecule has 6 heteroatoms. The second-order valence-electron chi connectivity index (χ2n) is 6.06. The zero-order chi connectivity index (χ0) is 17.6. The van der Waals surface area contributed by atoms with Gasteiger partial charge in [0.2, 0.25) is 11.8 Å². The fraction of sp³-hybridized carbons (Fsp3) is 0.421. The third kappa shape index (κ3) is 4.07. The predicted octanol–water partition coefficient (Wildman–Crippen LogP) is 3.39. The van der Waals surface area contributed by atoms with Crippen LogP contribution in [0.25, 0.3) is 0 Å². The summed E-state index contributed by atoms with van der Waals surface area (Å²) in [6.07, 6.45) is 5.76. The molecule has 3 rings (SSSR count). The van der Waals surface area contributed by atoms with Gasteiger partial charge in [-0.3, -0.25) is 9.78 Å². The first-order valence-electron chi connectivity index (χ1n) is 8.61. The van der Waals surface area contributed by atoms with E-state index in [0.717, 1.165) is 30.8 Å². The first-order chi connectivity index (χ1) is 12.2. The lowest BCUT2D eigenvalue weighted by atomic mass is 9.94. The Morgan fingerprint density at radius 3 is 2.88 bits per heavy atom. The maximum Gasteiger partial charge on any atom is 0.241 e. The second kappa shape index (κ2) is 7.96. The largest absolute Gasteiger partial charge is 0.497 e. The number of benzene rings is 1. The van der Waals surface area contributed by atoms with Crippen LogP contribution in [0.15, 0.2) is 36.7 Å². The molecule has 1 aromatic carbocycles. The van der Waals surface area contributed by atoms with Crippen molar-refractivity contribution in [3.63, 3.8) is 0 Å². The minimum Gasteiger partial charge on any atom is -0.497 e. The molecule has 0 N–H and O–H groups in total. The number of carbonyl (C=O) groups is 1. The minimum atomic E-state index is 0.138. The van der Waals surface area contributed by atoms with E-state index in [1.54, 1.807) is 19.5 Å². The van der Waals surface area contributed by atoms with Crippen LogP contribution in [-0.4, -0.2) is 41.0 Å². The second-order valence-corrected chi connectivity index (χ2v) is 6.06. The summed E-state index contributed by atoms with van der Waals surface area (Å²) < 4.78 is 11.2. The van der Waals surface area contributed by atoms with Gasteiger partial charge in [0, 0.05) is 43.9 Å². The van der Waals surface area contributed by atoms with Crippen LogP contribution < -0.4 is 9.47 Å². The van der Waals surface area contributed by atoms with Crippen LogP contribution in [0.3, 0.4) is 0 Å². The standard InChI is InChI=1S/C19H23N3O3/c1-3-17(23)22-11-5-6-14(13-22)18-19(21-10-9-20-18)25-16-8-4-7-15(12-16)24-2/h4,7-10,12,14H,3,5-6,11,13H2,1-2H3/t14-/m0/s1. The summed E-state index contributed by atoms with van der Waals surface area (Å²) in [5.74, 6) is 2.19. The topological polar surface area (TPSA) is 64.6 Å². The SMILES string of the molecule is CCC(=O)N1CCC[C@H](c2nccnc2Oc2cccc(OC)c2)C1. The highest BCUT2D eigenvalue weighted by molar-refractivity contribution is 5.76. The number of aromatic nitrogens is 2. The average molecular weight is 341 g/mol. The Balaban J connectivity index is 1.81. The van der Waals surface area contributed by atoms with Crippen LogP contribution in [0.5, 0.6) is 17.4 Å². The first kappa shape index (κ1) is 17.2. The van der Waals surface area contributed by atoms with Crippen LogP contribution in [0.2, 0.25) is 0 Å². The smallest absolute Gasteiger partial charge is 0.241 e. The van der Waals surface area contributed by atoms with Gasteiger partial charge in [0.15, 0.2) is 0 Å². The summed E-state index contributed by atoms with van der Waals surface area (Å²) in [4.78, 5) is 22.8. The van der Waals surface area contributed by atoms with Gasteiger partial charge in [0.25, 0.3) is 0 Å². The molecule has 0 saturated carbocycles. The molecule has 1 aliphatic heterocycles. The van der Waals surface area contributed by atoms with Gasteiger partial charge >= 0.3 is 0 Å². The molecule has 1 saturated heterocycles. The minimum absolute atomic E-state index is 0.138. The van der Waals surface area contributed by atoms with Crippen molar-refractivity contribution in [2.24, 2.45) is 0 Å². The van der Waals surface area contributed by atoms with Crippen molar-refractivity contribution in [1.82, 2.24) is 14.9 Å². The van der Waals surface area contributed by atoms with E-state index in [1.807, 2.05) is 36.1 Å². The van der Waals surface area contributed by atoms with Gasteiger partial charge in [0.05, 0.1) is 7.11 Å². The molecule has 132 valence electrons. The fourth-order valence-corrected chi connectivity index (χ4v) is 3.12. The van der Waals surface area contributed by atoms with Gasteiger partial charge in [-0.1, -0.05) is 13.0 Å². The third-order valence-electron chi connectivity index (χ3n) is 4.41. The molecule has 1 aromatic heterocycles. The Morgan fingerprint density at radius 2 is 2.08 bits per heavy atom. The summed E-state index contributed by atoms with van der Waals surface area (Å²) in [7, 11) is 1.62. The van der Waals surface area contributed by atoms with E-state index in [0.29, 0.717) is 24.6 Å². The van der Waals surface area contributed by atoms with Crippen molar-refractivity contribution in [2.45, 2.75) is 32.1 Å². The van der Waals surface area contributed by atoms with E-state index >= 15 is 0 Å². The van der Waals surface area contributed by atoms with Crippen molar-refractivity contribution in [3.05, 3.63) is 42.4 Å². The zero-order valence-corrected chi connectivity index (χ0v) is 14.6. The van der Waals surface area contributed by atoms with Gasteiger partial charge in [-0.25, -0.2) is 4.98 Å². The molecule has 0 aliphatic carbocycles. The molecule has 0 unspecified atom stereocenters. The van der Waals surface area contributed by atoms with E-state index in [4.69, 9.17) is 9.47 Å². The van der Waals surface area contributed by atoms with Gasteiger partial charge in [-0.15, -0.1) is 0 Å². The molecule has 2 heterocycles. The van der Waals surface area contributed by atoms with Gasteiger partial charge in [0.1, 0.15) is 17.2 Å². The number of hydrogen-bond acceptors (Lipinski definition) is 5. The number of rotatable bonds is 5. The van der Waals surface area contributed by atoms with Crippen LogP contribution in [0, 0.1) is 0 Å². The van der Waals surface area contributed by atoms with Crippen molar-refractivity contribution in [1.29, 1.82) is 0 Å². The zero-order valence-electron chi connectivity index (χ0n) is 14.6. The van der Waals surface area contributed by atoms with Gasteiger partial charge in [-0.2, -0.15) is 0 Å². The van der Waals surface area contributed by atoms with E-state index < -0.39 is 0 Å². The normalized spacial score (nSPS) is 17.2. The van der Waals surface area contributed by atoms with Crippen molar-refractivity contribution >= 4 is 5.91 Å². The molecule has 1 amide bonds. The number of hydrogen-bond donors (Lipinski definition) is 0. The van der Waals surface area contributed by atoms with E-state index in [-0.39, 0.29) is 11.8 Å². The fourth-order valence-electron chi connectivity index (χ4n) is 3.12. The monoisotopic (exact) mass is 341 g/mol. The summed E-state index contributed by atoms with van der Waals surface area (Å²) >= 11 is 0. The Hall–Kier alpha value is -2.63. The summed E-state index contributed by atoms with van der Waals surface area (Å²) in [6.45, 7) is 3.38. The highest BCUT2D eigenvalue weighted by Crippen LogP contribution is 2.33. The lowest BCUT2D eigenvalue weighted by Gasteiger charge is -2.32. The Bertz CT molecular complexity index is 735. The number of ether oxygens (including phenoxy) is 2. The molecule has 0 spiro atoms. The molecule has 1 atom stereocenters. The highest BCUT2D eigenvalue weighted by atomic mass is 16.5. The van der Waals surface area contributed by atoms with Gasteiger partial charge < -0.3 is 14.4 Å². The van der Waals surface area contributed by atoms with Crippen LogP contribution in [-0.2, 0) is 4.79 Å². The number of likely N-dealkylation sites (tertiary alicyclic amines) is 1. The predicted molar refractivity (Wildman–Crippen MR) is 93.9 cm³/mol. The van der Waals surface area contributed by atoms with E-state index in [1.165, 1.54) is 0 Å². The molecule has 6 nitrogen and oxygen atoms in total. The number of amides is 1. The quantitative estimate of drug-likeness (QED) is 0.834. The van der Waals surface area contributed by atoms with Crippen LogP contribution in [0.1, 0.15) is 37.8 Å². The number of nitrogens with zero attached hydrogens (tertiary/aromatic N) is 3. The molecular weight excluding hydrogens is 318 g/mol. The lowest BCUT2D eigenvalue weighted by Crippen LogP contribution is -2.39.